The fourth-order valence-corrected chi connectivity index (χ4v) is 2.39. The van der Waals surface area contributed by atoms with Crippen LogP contribution in [0.15, 0.2) is 41.8 Å². The highest BCUT2D eigenvalue weighted by molar-refractivity contribution is 6.20. The Morgan fingerprint density at radius 1 is 1.28 bits per heavy atom. The van der Waals surface area contributed by atoms with Crippen molar-refractivity contribution in [1.29, 1.82) is 0 Å². The van der Waals surface area contributed by atoms with Crippen LogP contribution in [-0.4, -0.2) is 36.9 Å². The maximum atomic E-state index is 12.2. The maximum Gasteiger partial charge on any atom is 0.347 e. The lowest BCUT2D eigenvalue weighted by molar-refractivity contribution is -0.145. The zero-order valence-corrected chi connectivity index (χ0v) is 14.3. The highest BCUT2D eigenvalue weighted by Crippen LogP contribution is 2.20. The van der Waals surface area contributed by atoms with Crippen molar-refractivity contribution in [3.8, 4) is 0 Å². The van der Waals surface area contributed by atoms with Crippen LogP contribution >= 0.6 is 0 Å². The number of carbonyl (C=O) groups excluding carboxylic acids is 3. The van der Waals surface area contributed by atoms with E-state index in [1.807, 2.05) is 19.9 Å². The Morgan fingerprint density at radius 3 is 2.68 bits per heavy atom. The number of hydrogen-bond acceptors (Lipinski definition) is 6. The lowest BCUT2D eigenvalue weighted by Crippen LogP contribution is -2.36. The smallest absolute Gasteiger partial charge is 0.347 e. The van der Waals surface area contributed by atoms with Crippen molar-refractivity contribution in [2.75, 3.05) is 18.5 Å². The summed E-state index contributed by atoms with van der Waals surface area (Å²) in [6.07, 6.45) is 1.77. The van der Waals surface area contributed by atoms with Crippen LogP contribution in [0, 0.1) is 0 Å². The second-order valence-electron chi connectivity index (χ2n) is 5.74. The molecule has 1 amide bonds. The van der Waals surface area contributed by atoms with Gasteiger partial charge >= 0.3 is 5.97 Å². The summed E-state index contributed by atoms with van der Waals surface area (Å²) in [5, 5.41) is 5.60. The Kier molecular flexibility index (Phi) is 6.56. The zero-order valence-electron chi connectivity index (χ0n) is 14.3. The van der Waals surface area contributed by atoms with Gasteiger partial charge in [-0.15, -0.1) is 0 Å². The lowest BCUT2D eigenvalue weighted by Gasteiger charge is -2.13. The van der Waals surface area contributed by atoms with Crippen molar-refractivity contribution in [2.24, 2.45) is 0 Å². The molecular weight excluding hydrogens is 324 g/mol. The third-order valence-electron chi connectivity index (χ3n) is 3.55. The Balaban J connectivity index is 1.96. The summed E-state index contributed by atoms with van der Waals surface area (Å²) in [6, 6.07) is 8.99. The summed E-state index contributed by atoms with van der Waals surface area (Å²) in [6.45, 7) is 3.21. The number of anilines is 1. The van der Waals surface area contributed by atoms with E-state index in [1.165, 1.54) is 0 Å². The predicted octanol–water partition coefficient (Wildman–Crippen LogP) is 1.76. The molecule has 1 atom stereocenters. The van der Waals surface area contributed by atoms with Crippen molar-refractivity contribution in [3.05, 3.63) is 41.8 Å². The van der Waals surface area contributed by atoms with Gasteiger partial charge in [-0.1, -0.05) is 31.5 Å². The second-order valence-corrected chi connectivity index (χ2v) is 5.74. The van der Waals surface area contributed by atoms with Crippen molar-refractivity contribution >= 4 is 23.3 Å². The average molecular weight is 346 g/mol. The molecule has 1 aromatic rings. The number of carbonyl (C=O) groups is 3. The van der Waals surface area contributed by atoms with E-state index in [0.717, 1.165) is 12.8 Å². The molecule has 7 heteroatoms. The number of nitrogens with one attached hydrogen (secondary N) is 2. The molecule has 2 N–H and O–H groups in total. The summed E-state index contributed by atoms with van der Waals surface area (Å²) in [4.78, 5) is 35.8. The summed E-state index contributed by atoms with van der Waals surface area (Å²) < 4.78 is 10.2. The van der Waals surface area contributed by atoms with Gasteiger partial charge in [0.1, 0.15) is 0 Å². The van der Waals surface area contributed by atoms with Gasteiger partial charge in [0.2, 0.25) is 11.7 Å². The van der Waals surface area contributed by atoms with Crippen LogP contribution in [0.25, 0.3) is 0 Å². The van der Waals surface area contributed by atoms with Gasteiger partial charge < -0.3 is 20.1 Å². The first-order valence-corrected chi connectivity index (χ1v) is 8.20. The first kappa shape index (κ1) is 18.5. The fourth-order valence-electron chi connectivity index (χ4n) is 2.39. The number of esters is 1. The largest absolute Gasteiger partial charge is 0.470 e. The van der Waals surface area contributed by atoms with Crippen LogP contribution in [0.2, 0.25) is 0 Å². The molecule has 1 aliphatic rings. The standard InChI is InChI=1S/C18H22N2O5/c1-3-7-12(2)19-15(22)11-25-18(23)16-14(21)10-24-17(16)20-13-8-5-4-6-9-13/h4-6,8-9,12,20H,3,7,10-11H2,1-2H3,(H,19,22)/t12-/m1/s1. The minimum atomic E-state index is -0.876. The number of ketones is 1. The minimum Gasteiger partial charge on any atom is -0.470 e. The molecule has 0 spiro atoms. The van der Waals surface area contributed by atoms with Crippen LogP contribution < -0.4 is 10.6 Å². The van der Waals surface area contributed by atoms with E-state index in [0.29, 0.717) is 5.69 Å². The van der Waals surface area contributed by atoms with Crippen molar-refractivity contribution in [1.82, 2.24) is 5.32 Å². The van der Waals surface area contributed by atoms with Crippen LogP contribution in [0.4, 0.5) is 5.69 Å². The molecule has 1 heterocycles. The molecule has 134 valence electrons. The quantitative estimate of drug-likeness (QED) is 0.550. The molecule has 2 rings (SSSR count). The summed E-state index contributed by atoms with van der Waals surface area (Å²) >= 11 is 0. The monoisotopic (exact) mass is 346 g/mol. The second kappa shape index (κ2) is 8.86. The van der Waals surface area contributed by atoms with Gasteiger partial charge in [-0.3, -0.25) is 9.59 Å². The first-order valence-electron chi connectivity index (χ1n) is 8.20. The van der Waals surface area contributed by atoms with Crippen LogP contribution in [-0.2, 0) is 23.9 Å². The number of Topliss-reactive ketones (excluding diaryl/α,β-unsaturated/α-hetero) is 1. The van der Waals surface area contributed by atoms with Crippen molar-refractivity contribution < 1.29 is 23.9 Å². The number of para-hydroxylation sites is 1. The molecule has 1 aliphatic heterocycles. The lowest BCUT2D eigenvalue weighted by atomic mass is 10.2. The van der Waals surface area contributed by atoms with Crippen LogP contribution in [0.1, 0.15) is 26.7 Å². The fraction of sp³-hybridized carbons (Fsp3) is 0.389. The number of benzene rings is 1. The molecule has 7 nitrogen and oxygen atoms in total. The molecule has 0 radical (unpaired) electrons. The summed E-state index contributed by atoms with van der Waals surface area (Å²) in [5.41, 5.74) is 0.460. The molecule has 0 unspecified atom stereocenters. The molecule has 25 heavy (non-hydrogen) atoms. The average Bonchev–Trinajstić information content (AvgIpc) is 2.94. The normalized spacial score (nSPS) is 14.7. The highest BCUT2D eigenvalue weighted by Gasteiger charge is 2.32. The van der Waals surface area contributed by atoms with Gasteiger partial charge in [0.05, 0.1) is 0 Å². The maximum absolute atomic E-state index is 12.2. The highest BCUT2D eigenvalue weighted by atomic mass is 16.5. The first-order chi connectivity index (χ1) is 12.0. The number of ether oxygens (including phenoxy) is 2. The topological polar surface area (TPSA) is 93.7 Å². The van der Waals surface area contributed by atoms with E-state index >= 15 is 0 Å². The molecule has 1 aromatic carbocycles. The molecular formula is C18H22N2O5. The van der Waals surface area contributed by atoms with Gasteiger partial charge in [-0.2, -0.15) is 0 Å². The van der Waals surface area contributed by atoms with Crippen molar-refractivity contribution in [3.63, 3.8) is 0 Å². The minimum absolute atomic E-state index is 0.00201. The van der Waals surface area contributed by atoms with Crippen LogP contribution in [0.5, 0.6) is 0 Å². The molecule has 0 saturated heterocycles. The Morgan fingerprint density at radius 2 is 2.00 bits per heavy atom. The molecule has 0 saturated carbocycles. The van der Waals surface area contributed by atoms with E-state index in [4.69, 9.17) is 9.47 Å². The van der Waals surface area contributed by atoms with E-state index in [9.17, 15) is 14.4 Å². The Bertz CT molecular complexity index is 669. The van der Waals surface area contributed by atoms with Gasteiger partial charge in [-0.05, 0) is 25.5 Å². The van der Waals surface area contributed by atoms with E-state index in [-0.39, 0.29) is 24.1 Å². The van der Waals surface area contributed by atoms with Gasteiger partial charge in [0, 0.05) is 11.7 Å². The Hall–Kier alpha value is -2.83. The predicted molar refractivity (Wildman–Crippen MR) is 91.5 cm³/mol. The molecule has 0 bridgehead atoms. The Labute approximate surface area is 146 Å². The SMILES string of the molecule is CCC[C@@H](C)NC(=O)COC(=O)C1=C(Nc2ccccc2)OCC1=O. The number of hydrogen-bond donors (Lipinski definition) is 2. The third kappa shape index (κ3) is 5.34. The van der Waals surface area contributed by atoms with Gasteiger partial charge in [0.25, 0.3) is 5.91 Å². The number of amides is 1. The zero-order chi connectivity index (χ0) is 18.2. The summed E-state index contributed by atoms with van der Waals surface area (Å²) in [7, 11) is 0. The molecule has 0 aliphatic carbocycles. The third-order valence-corrected chi connectivity index (χ3v) is 3.55. The van der Waals surface area contributed by atoms with E-state index in [1.54, 1.807) is 24.3 Å². The van der Waals surface area contributed by atoms with E-state index in [2.05, 4.69) is 10.6 Å². The van der Waals surface area contributed by atoms with Gasteiger partial charge in [0.15, 0.2) is 18.8 Å². The van der Waals surface area contributed by atoms with Gasteiger partial charge in [-0.25, -0.2) is 4.79 Å². The number of rotatable bonds is 8. The molecule has 0 fully saturated rings. The molecule has 0 aromatic heterocycles. The van der Waals surface area contributed by atoms with E-state index < -0.39 is 24.3 Å². The van der Waals surface area contributed by atoms with Crippen molar-refractivity contribution in [2.45, 2.75) is 32.7 Å². The van der Waals surface area contributed by atoms with Crippen LogP contribution in [0.3, 0.4) is 0 Å². The summed E-state index contributed by atoms with van der Waals surface area (Å²) in [5.74, 6) is -1.72.